The van der Waals surface area contributed by atoms with E-state index in [1.54, 1.807) is 0 Å². The summed E-state index contributed by atoms with van der Waals surface area (Å²) < 4.78 is 2.43. The molecule has 0 aromatic carbocycles. The fourth-order valence-electron chi connectivity index (χ4n) is 3.83. The van der Waals surface area contributed by atoms with Gasteiger partial charge in [0, 0.05) is 31.2 Å². The molecule has 2 aliphatic rings. The Hall–Kier alpha value is -1.42. The molecule has 118 valence electrons. The highest BCUT2D eigenvalue weighted by Crippen LogP contribution is 2.39. The summed E-state index contributed by atoms with van der Waals surface area (Å²) in [5.41, 5.74) is 2.16. The molecular weight excluding hydrogens is 272 g/mol. The lowest BCUT2D eigenvalue weighted by atomic mass is 9.93. The van der Waals surface area contributed by atoms with Crippen LogP contribution < -0.4 is 0 Å². The molecule has 0 spiro atoms. The third-order valence-electron chi connectivity index (χ3n) is 5.19. The molecule has 2 fully saturated rings. The molecule has 0 bridgehead atoms. The largest absolute Gasteiger partial charge is 0.310 e. The van der Waals surface area contributed by atoms with E-state index in [0.29, 0.717) is 12.1 Å². The second-order valence-electron chi connectivity index (χ2n) is 7.28. The zero-order valence-electron chi connectivity index (χ0n) is 13.7. The molecule has 3 heterocycles. The first-order chi connectivity index (χ1) is 10.7. The van der Waals surface area contributed by atoms with Gasteiger partial charge in [0.1, 0.15) is 11.3 Å². The van der Waals surface area contributed by atoms with Crippen molar-refractivity contribution in [2.45, 2.75) is 58.0 Å². The average Bonchev–Trinajstić information content (AvgIpc) is 3.29. The van der Waals surface area contributed by atoms with Crippen molar-refractivity contribution in [3.8, 4) is 0 Å². The van der Waals surface area contributed by atoms with E-state index < -0.39 is 0 Å². The van der Waals surface area contributed by atoms with Crippen molar-refractivity contribution in [2.75, 3.05) is 13.1 Å². The number of pyridine rings is 1. The van der Waals surface area contributed by atoms with Crippen LogP contribution in [0.3, 0.4) is 0 Å². The first-order valence-electron chi connectivity index (χ1n) is 8.78. The van der Waals surface area contributed by atoms with Crippen molar-refractivity contribution in [3.63, 3.8) is 0 Å². The monoisotopic (exact) mass is 298 g/mol. The maximum absolute atomic E-state index is 4.92. The van der Waals surface area contributed by atoms with Crippen LogP contribution in [-0.4, -0.2) is 38.6 Å². The number of piperidine rings is 1. The fraction of sp³-hybridized carbons (Fsp3) is 0.667. The van der Waals surface area contributed by atoms with E-state index in [0.717, 1.165) is 23.5 Å². The molecule has 1 saturated carbocycles. The summed E-state index contributed by atoms with van der Waals surface area (Å²) in [6, 6.07) is 5.41. The normalized spacial score (nSPS) is 23.5. The highest BCUT2D eigenvalue weighted by Gasteiger charge is 2.30. The van der Waals surface area contributed by atoms with Gasteiger partial charge in [-0.3, -0.25) is 0 Å². The third kappa shape index (κ3) is 2.65. The minimum atomic E-state index is 0.652. The standard InChI is InChI=1S/C18H26N4/c1-13(2)21-10-4-5-14(12-21)11-17-20-16-6-3-9-19-18(16)22(17)15-7-8-15/h3,6,9,13-15H,4-5,7-8,10-12H2,1-2H3. The Labute approximate surface area is 132 Å². The molecule has 4 heteroatoms. The summed E-state index contributed by atoms with van der Waals surface area (Å²) >= 11 is 0. The lowest BCUT2D eigenvalue weighted by Gasteiger charge is -2.35. The Morgan fingerprint density at radius 3 is 2.91 bits per heavy atom. The van der Waals surface area contributed by atoms with Crippen LogP contribution >= 0.6 is 0 Å². The number of imidazole rings is 1. The number of nitrogens with zero attached hydrogens (tertiary/aromatic N) is 4. The van der Waals surface area contributed by atoms with Crippen molar-refractivity contribution < 1.29 is 0 Å². The van der Waals surface area contributed by atoms with Crippen LogP contribution in [0.5, 0.6) is 0 Å². The molecule has 1 unspecified atom stereocenters. The highest BCUT2D eigenvalue weighted by molar-refractivity contribution is 5.71. The van der Waals surface area contributed by atoms with E-state index >= 15 is 0 Å². The SMILES string of the molecule is CC(C)N1CCCC(Cc2nc3cccnc3n2C2CC2)C1. The van der Waals surface area contributed by atoms with Gasteiger partial charge >= 0.3 is 0 Å². The Kier molecular flexibility index (Phi) is 3.65. The minimum absolute atomic E-state index is 0.652. The topological polar surface area (TPSA) is 34.0 Å². The van der Waals surface area contributed by atoms with Crippen LogP contribution in [0.2, 0.25) is 0 Å². The quantitative estimate of drug-likeness (QED) is 0.867. The average molecular weight is 298 g/mol. The zero-order valence-corrected chi connectivity index (χ0v) is 13.7. The van der Waals surface area contributed by atoms with Crippen molar-refractivity contribution >= 4 is 11.2 Å². The molecular formula is C18H26N4. The number of fused-ring (bicyclic) bond motifs is 1. The van der Waals surface area contributed by atoms with Crippen LogP contribution in [0.4, 0.5) is 0 Å². The van der Waals surface area contributed by atoms with E-state index in [1.807, 2.05) is 12.3 Å². The van der Waals surface area contributed by atoms with Gasteiger partial charge in [-0.05, 0) is 64.1 Å². The van der Waals surface area contributed by atoms with Crippen LogP contribution in [0.25, 0.3) is 11.2 Å². The van der Waals surface area contributed by atoms with Gasteiger partial charge in [0.05, 0.1) is 0 Å². The van der Waals surface area contributed by atoms with Crippen molar-refractivity contribution in [3.05, 3.63) is 24.2 Å². The predicted molar refractivity (Wildman–Crippen MR) is 88.9 cm³/mol. The molecule has 0 radical (unpaired) electrons. The Balaban J connectivity index is 1.60. The van der Waals surface area contributed by atoms with Gasteiger partial charge in [0.25, 0.3) is 0 Å². The summed E-state index contributed by atoms with van der Waals surface area (Å²) in [7, 11) is 0. The first kappa shape index (κ1) is 14.2. The van der Waals surface area contributed by atoms with Gasteiger partial charge in [0.15, 0.2) is 5.65 Å². The van der Waals surface area contributed by atoms with E-state index in [1.165, 1.54) is 44.6 Å². The lowest BCUT2D eigenvalue weighted by Crippen LogP contribution is -2.40. The second-order valence-corrected chi connectivity index (χ2v) is 7.28. The Morgan fingerprint density at radius 1 is 1.27 bits per heavy atom. The molecule has 0 N–H and O–H groups in total. The van der Waals surface area contributed by atoms with Crippen LogP contribution in [0, 0.1) is 5.92 Å². The predicted octanol–water partition coefficient (Wildman–Crippen LogP) is 3.43. The van der Waals surface area contributed by atoms with Gasteiger partial charge in [-0.2, -0.15) is 0 Å². The number of rotatable bonds is 4. The molecule has 1 atom stereocenters. The summed E-state index contributed by atoms with van der Waals surface area (Å²) in [4.78, 5) is 12.1. The van der Waals surface area contributed by atoms with Crippen LogP contribution in [0.1, 0.15) is 51.4 Å². The van der Waals surface area contributed by atoms with Crippen LogP contribution in [-0.2, 0) is 6.42 Å². The van der Waals surface area contributed by atoms with Crippen molar-refractivity contribution in [1.82, 2.24) is 19.4 Å². The third-order valence-corrected chi connectivity index (χ3v) is 5.19. The maximum Gasteiger partial charge on any atom is 0.160 e. The summed E-state index contributed by atoms with van der Waals surface area (Å²) in [6.07, 6.45) is 8.24. The fourth-order valence-corrected chi connectivity index (χ4v) is 3.83. The van der Waals surface area contributed by atoms with Gasteiger partial charge in [-0.15, -0.1) is 0 Å². The Morgan fingerprint density at radius 2 is 2.14 bits per heavy atom. The van der Waals surface area contributed by atoms with Gasteiger partial charge < -0.3 is 9.47 Å². The molecule has 1 aliphatic carbocycles. The number of hydrogen-bond acceptors (Lipinski definition) is 3. The first-order valence-corrected chi connectivity index (χ1v) is 8.78. The lowest BCUT2D eigenvalue weighted by molar-refractivity contribution is 0.138. The molecule has 2 aromatic heterocycles. The van der Waals surface area contributed by atoms with E-state index in [9.17, 15) is 0 Å². The molecule has 4 rings (SSSR count). The molecule has 0 amide bonds. The van der Waals surface area contributed by atoms with Crippen molar-refractivity contribution in [1.29, 1.82) is 0 Å². The van der Waals surface area contributed by atoms with E-state index in [4.69, 9.17) is 4.98 Å². The van der Waals surface area contributed by atoms with Gasteiger partial charge in [-0.25, -0.2) is 9.97 Å². The van der Waals surface area contributed by atoms with Gasteiger partial charge in [0.2, 0.25) is 0 Å². The van der Waals surface area contributed by atoms with Crippen LogP contribution in [0.15, 0.2) is 18.3 Å². The maximum atomic E-state index is 4.92. The molecule has 4 nitrogen and oxygen atoms in total. The van der Waals surface area contributed by atoms with E-state index in [-0.39, 0.29) is 0 Å². The van der Waals surface area contributed by atoms with E-state index in [2.05, 4.69) is 34.4 Å². The summed E-state index contributed by atoms with van der Waals surface area (Å²) in [5, 5.41) is 0. The van der Waals surface area contributed by atoms with Crippen molar-refractivity contribution in [2.24, 2.45) is 5.92 Å². The van der Waals surface area contributed by atoms with Gasteiger partial charge in [-0.1, -0.05) is 0 Å². The summed E-state index contributed by atoms with van der Waals surface area (Å²) in [5.74, 6) is 2.01. The summed E-state index contributed by atoms with van der Waals surface area (Å²) in [6.45, 7) is 7.10. The molecule has 2 aromatic rings. The zero-order chi connectivity index (χ0) is 15.1. The number of likely N-dealkylation sites (tertiary alicyclic amines) is 1. The minimum Gasteiger partial charge on any atom is -0.310 e. The molecule has 1 aliphatic heterocycles. The molecule has 22 heavy (non-hydrogen) atoms. The second kappa shape index (κ2) is 5.65. The Bertz CT molecular complexity index is 656. The number of hydrogen-bond donors (Lipinski definition) is 0. The highest BCUT2D eigenvalue weighted by atomic mass is 15.2. The molecule has 1 saturated heterocycles. The smallest absolute Gasteiger partial charge is 0.160 e. The number of aromatic nitrogens is 3.